The van der Waals surface area contributed by atoms with E-state index in [9.17, 15) is 0 Å². The Labute approximate surface area is 160 Å². The molecule has 5 nitrogen and oxygen atoms in total. The number of rotatable bonds is 4. The van der Waals surface area contributed by atoms with Gasteiger partial charge in [0.2, 0.25) is 0 Å². The van der Waals surface area contributed by atoms with Crippen LogP contribution < -0.4 is 5.32 Å². The van der Waals surface area contributed by atoms with Crippen LogP contribution in [0.2, 0.25) is 0 Å². The summed E-state index contributed by atoms with van der Waals surface area (Å²) in [6.45, 7) is 5.82. The van der Waals surface area contributed by atoms with Crippen LogP contribution in [0.4, 0.5) is 5.69 Å². The summed E-state index contributed by atoms with van der Waals surface area (Å²) in [4.78, 5) is 7.25. The third-order valence-electron chi connectivity index (χ3n) is 4.42. The Bertz CT molecular complexity index is 713. The number of nitrogens with zero attached hydrogens (tertiary/aromatic N) is 2. The Balaban J connectivity index is 0.00000104. The summed E-state index contributed by atoms with van der Waals surface area (Å²) in [5, 5.41) is 6.04. The van der Waals surface area contributed by atoms with Crippen LogP contribution in [-0.4, -0.2) is 55.6 Å². The predicted molar refractivity (Wildman–Crippen MR) is 109 cm³/mol. The van der Waals surface area contributed by atoms with Gasteiger partial charge in [-0.3, -0.25) is 9.89 Å². The third kappa shape index (κ3) is 4.63. The van der Waals surface area contributed by atoms with E-state index < -0.39 is 0 Å². The van der Waals surface area contributed by atoms with Crippen molar-refractivity contribution < 1.29 is 10.2 Å². The zero-order chi connectivity index (χ0) is 14.8. The highest BCUT2D eigenvalue weighted by Crippen LogP contribution is 2.32. The number of anilines is 1. The van der Waals surface area contributed by atoms with Gasteiger partial charge in [0.1, 0.15) is 5.84 Å². The molecule has 138 valence electrons. The molecular formula is C18H25Cl2N3O2. The zero-order valence-electron chi connectivity index (χ0n) is 14.0. The zero-order valence-corrected chi connectivity index (χ0v) is 15.7. The van der Waals surface area contributed by atoms with E-state index in [1.165, 1.54) is 22.0 Å². The molecule has 1 fully saturated rings. The molecule has 2 aliphatic rings. The van der Waals surface area contributed by atoms with Crippen molar-refractivity contribution in [3.8, 4) is 0 Å². The lowest BCUT2D eigenvalue weighted by molar-refractivity contribution is 0.0377. The van der Waals surface area contributed by atoms with Crippen molar-refractivity contribution in [1.29, 1.82) is 0 Å². The van der Waals surface area contributed by atoms with Gasteiger partial charge in [-0.05, 0) is 17.9 Å². The van der Waals surface area contributed by atoms with E-state index in [0.717, 1.165) is 51.6 Å². The average molecular weight is 386 g/mol. The lowest BCUT2D eigenvalue weighted by Crippen LogP contribution is -2.37. The second-order valence-corrected chi connectivity index (χ2v) is 5.87. The number of amidine groups is 1. The molecule has 7 heteroatoms. The van der Waals surface area contributed by atoms with Gasteiger partial charge in [0.15, 0.2) is 0 Å². The molecule has 0 unspecified atom stereocenters. The molecule has 2 heterocycles. The molecule has 3 N–H and O–H groups in total. The summed E-state index contributed by atoms with van der Waals surface area (Å²) < 4.78 is 5.38. The molecular weight excluding hydrogens is 361 g/mol. The van der Waals surface area contributed by atoms with E-state index in [0.29, 0.717) is 0 Å². The van der Waals surface area contributed by atoms with Crippen LogP contribution >= 0.6 is 24.8 Å². The molecule has 1 saturated heterocycles. The fourth-order valence-corrected chi connectivity index (χ4v) is 3.27. The maximum Gasteiger partial charge on any atom is 0.133 e. The molecule has 2 aromatic carbocycles. The Morgan fingerprint density at radius 1 is 1.04 bits per heavy atom. The first-order valence-corrected chi connectivity index (χ1v) is 8.05. The van der Waals surface area contributed by atoms with Gasteiger partial charge in [-0.15, -0.1) is 24.8 Å². The van der Waals surface area contributed by atoms with Gasteiger partial charge in [0.25, 0.3) is 0 Å². The molecule has 0 aliphatic carbocycles. The van der Waals surface area contributed by atoms with E-state index >= 15 is 0 Å². The van der Waals surface area contributed by atoms with Crippen LogP contribution in [-0.2, 0) is 4.74 Å². The Morgan fingerprint density at radius 2 is 1.76 bits per heavy atom. The highest BCUT2D eigenvalue weighted by molar-refractivity contribution is 6.25. The van der Waals surface area contributed by atoms with Gasteiger partial charge < -0.3 is 15.5 Å². The van der Waals surface area contributed by atoms with Gasteiger partial charge in [-0.2, -0.15) is 0 Å². The van der Waals surface area contributed by atoms with Crippen LogP contribution in [0.5, 0.6) is 0 Å². The van der Waals surface area contributed by atoms with Gasteiger partial charge in [0.05, 0.1) is 13.2 Å². The SMILES string of the molecule is Cl.Cl.O.c1cc2c3c(cccc3c1)C(=NCCCN1CCOCC1)N2. The number of aliphatic imine (C=N–C) groups is 1. The summed E-state index contributed by atoms with van der Waals surface area (Å²) in [6.07, 6.45) is 1.09. The highest BCUT2D eigenvalue weighted by atomic mass is 35.5. The fourth-order valence-electron chi connectivity index (χ4n) is 3.27. The largest absolute Gasteiger partial charge is 0.412 e. The lowest BCUT2D eigenvalue weighted by atomic mass is 10.1. The number of morpholine rings is 1. The van der Waals surface area contributed by atoms with E-state index in [-0.39, 0.29) is 30.3 Å². The molecule has 0 saturated carbocycles. The maximum absolute atomic E-state index is 5.38. The summed E-state index contributed by atoms with van der Waals surface area (Å²) in [5.74, 6) is 1.02. The molecule has 0 radical (unpaired) electrons. The quantitative estimate of drug-likeness (QED) is 0.822. The van der Waals surface area contributed by atoms with Crippen LogP contribution in [0, 0.1) is 0 Å². The van der Waals surface area contributed by atoms with Crippen LogP contribution in [0.3, 0.4) is 0 Å². The van der Waals surface area contributed by atoms with Gasteiger partial charge in [0, 0.05) is 42.8 Å². The molecule has 0 atom stereocenters. The van der Waals surface area contributed by atoms with Crippen LogP contribution in [0.1, 0.15) is 12.0 Å². The van der Waals surface area contributed by atoms with Crippen LogP contribution in [0.15, 0.2) is 41.4 Å². The lowest BCUT2D eigenvalue weighted by Gasteiger charge is -2.26. The molecule has 25 heavy (non-hydrogen) atoms. The number of nitrogens with one attached hydrogen (secondary N) is 1. The van der Waals surface area contributed by atoms with Crippen molar-refractivity contribution in [2.45, 2.75) is 6.42 Å². The Hall–Kier alpha value is -1.37. The van der Waals surface area contributed by atoms with Crippen molar-refractivity contribution in [1.82, 2.24) is 4.90 Å². The summed E-state index contributed by atoms with van der Waals surface area (Å²) in [7, 11) is 0. The Kier molecular flexibility index (Phi) is 8.62. The van der Waals surface area contributed by atoms with Crippen molar-refractivity contribution in [3.05, 3.63) is 42.0 Å². The molecule has 0 amide bonds. The summed E-state index contributed by atoms with van der Waals surface area (Å²) >= 11 is 0. The topological polar surface area (TPSA) is 68.4 Å². The molecule has 0 spiro atoms. The first-order chi connectivity index (χ1) is 10.9. The van der Waals surface area contributed by atoms with Crippen LogP contribution in [0.25, 0.3) is 10.8 Å². The maximum atomic E-state index is 5.38. The van der Waals surface area contributed by atoms with Crippen molar-refractivity contribution in [2.75, 3.05) is 44.7 Å². The number of benzene rings is 2. The fraction of sp³-hybridized carbons (Fsp3) is 0.389. The molecule has 0 bridgehead atoms. The van der Waals surface area contributed by atoms with Gasteiger partial charge in [-0.25, -0.2) is 0 Å². The second kappa shape index (κ2) is 9.94. The van der Waals surface area contributed by atoms with E-state index in [2.05, 4.69) is 46.6 Å². The smallest absolute Gasteiger partial charge is 0.133 e. The number of ether oxygens (including phenoxy) is 1. The minimum absolute atomic E-state index is 0. The van der Waals surface area contributed by atoms with E-state index in [1.54, 1.807) is 0 Å². The number of hydrogen-bond acceptors (Lipinski definition) is 3. The first-order valence-electron chi connectivity index (χ1n) is 8.05. The third-order valence-corrected chi connectivity index (χ3v) is 4.42. The predicted octanol–water partition coefficient (Wildman–Crippen LogP) is 2.75. The minimum atomic E-state index is 0. The normalized spacial score (nSPS) is 17.4. The van der Waals surface area contributed by atoms with Crippen molar-refractivity contribution in [3.63, 3.8) is 0 Å². The molecule has 0 aromatic heterocycles. The number of hydrogen-bond donors (Lipinski definition) is 1. The summed E-state index contributed by atoms with van der Waals surface area (Å²) in [6, 6.07) is 12.8. The minimum Gasteiger partial charge on any atom is -0.412 e. The summed E-state index contributed by atoms with van der Waals surface area (Å²) in [5.41, 5.74) is 2.42. The monoisotopic (exact) mass is 385 g/mol. The average Bonchev–Trinajstić information content (AvgIpc) is 2.93. The molecule has 2 aromatic rings. The Morgan fingerprint density at radius 3 is 2.52 bits per heavy atom. The first kappa shape index (κ1) is 21.7. The van der Waals surface area contributed by atoms with E-state index in [4.69, 9.17) is 9.73 Å². The van der Waals surface area contributed by atoms with Crippen molar-refractivity contribution >= 4 is 47.1 Å². The van der Waals surface area contributed by atoms with Gasteiger partial charge in [-0.1, -0.05) is 30.3 Å². The molecule has 4 rings (SSSR count). The highest BCUT2D eigenvalue weighted by Gasteiger charge is 2.18. The standard InChI is InChI=1S/C18H21N3O.2ClH.H2O/c1-4-14-5-2-7-16-17(14)15(6-1)18(20-16)19-8-3-9-21-10-12-22-13-11-21;;;/h1-2,4-7H,3,8-13H2,(H,19,20);2*1H;1H2. The number of halogens is 2. The second-order valence-electron chi connectivity index (χ2n) is 5.87. The molecule has 2 aliphatic heterocycles. The van der Waals surface area contributed by atoms with Gasteiger partial charge >= 0.3 is 0 Å². The van der Waals surface area contributed by atoms with Crippen molar-refractivity contribution in [2.24, 2.45) is 4.99 Å². The van der Waals surface area contributed by atoms with E-state index in [1.807, 2.05) is 0 Å².